The number of thioether (sulfide) groups is 1. The first kappa shape index (κ1) is 12.7. The molecular formula is C13H18N2S2. The zero-order valence-corrected chi connectivity index (χ0v) is 11.6. The Morgan fingerprint density at radius 3 is 2.59 bits per heavy atom. The van der Waals surface area contributed by atoms with Crippen LogP contribution in [-0.2, 0) is 0 Å². The van der Waals surface area contributed by atoms with Gasteiger partial charge in [-0.25, -0.2) is 0 Å². The van der Waals surface area contributed by atoms with Gasteiger partial charge in [0.1, 0.15) is 4.99 Å². The Labute approximate surface area is 112 Å². The standard InChI is InChI=1S/C13H18N2S2/c1-17-12-7-6-11(8-12)15-10-4-2-9(3-5-10)13(14)16/h2-5,11-12,15H,6-8H2,1H3,(H2,14,16). The first-order valence-electron chi connectivity index (χ1n) is 5.88. The topological polar surface area (TPSA) is 38.0 Å². The third-order valence-electron chi connectivity index (χ3n) is 3.26. The number of hydrogen-bond donors (Lipinski definition) is 2. The SMILES string of the molecule is CSC1CCC(Nc2ccc(C(N)=S)cc2)C1. The molecule has 1 aliphatic rings. The molecule has 0 spiro atoms. The molecule has 92 valence electrons. The average Bonchev–Trinajstić information content (AvgIpc) is 2.77. The first-order valence-corrected chi connectivity index (χ1v) is 7.58. The number of thiocarbonyl (C=S) groups is 1. The number of benzene rings is 1. The van der Waals surface area contributed by atoms with E-state index in [-0.39, 0.29) is 0 Å². The van der Waals surface area contributed by atoms with E-state index in [1.54, 1.807) is 0 Å². The molecule has 0 aliphatic heterocycles. The van der Waals surface area contributed by atoms with Gasteiger partial charge in [0.05, 0.1) is 0 Å². The minimum atomic E-state index is 0.458. The Morgan fingerprint density at radius 2 is 2.06 bits per heavy atom. The van der Waals surface area contributed by atoms with Crippen molar-refractivity contribution in [3.8, 4) is 0 Å². The smallest absolute Gasteiger partial charge is 0.103 e. The monoisotopic (exact) mass is 266 g/mol. The maximum Gasteiger partial charge on any atom is 0.103 e. The molecule has 2 unspecified atom stereocenters. The quantitative estimate of drug-likeness (QED) is 0.822. The molecule has 1 aromatic carbocycles. The minimum absolute atomic E-state index is 0.458. The van der Waals surface area contributed by atoms with Crippen molar-refractivity contribution in [3.05, 3.63) is 29.8 Å². The molecule has 2 atom stereocenters. The Bertz CT molecular complexity index is 389. The largest absolute Gasteiger partial charge is 0.389 e. The Balaban J connectivity index is 1.93. The van der Waals surface area contributed by atoms with Crippen LogP contribution in [0.5, 0.6) is 0 Å². The Morgan fingerprint density at radius 1 is 1.35 bits per heavy atom. The zero-order chi connectivity index (χ0) is 12.3. The summed E-state index contributed by atoms with van der Waals surface area (Å²) in [6.45, 7) is 0. The molecule has 2 rings (SSSR count). The second kappa shape index (κ2) is 5.74. The van der Waals surface area contributed by atoms with Gasteiger partial charge in [-0.1, -0.05) is 12.2 Å². The van der Waals surface area contributed by atoms with Crippen molar-refractivity contribution in [2.75, 3.05) is 11.6 Å². The summed E-state index contributed by atoms with van der Waals surface area (Å²) in [7, 11) is 0. The van der Waals surface area contributed by atoms with Gasteiger partial charge >= 0.3 is 0 Å². The maximum atomic E-state index is 5.57. The molecular weight excluding hydrogens is 248 g/mol. The molecule has 1 fully saturated rings. The van der Waals surface area contributed by atoms with Gasteiger partial charge in [-0.05, 0) is 49.8 Å². The lowest BCUT2D eigenvalue weighted by atomic mass is 10.2. The van der Waals surface area contributed by atoms with Gasteiger partial charge in [-0.15, -0.1) is 0 Å². The fraction of sp³-hybridized carbons (Fsp3) is 0.462. The lowest BCUT2D eigenvalue weighted by molar-refractivity contribution is 0.757. The number of rotatable bonds is 4. The highest BCUT2D eigenvalue weighted by Crippen LogP contribution is 2.30. The summed E-state index contributed by atoms with van der Waals surface area (Å²) in [4.78, 5) is 0.458. The number of nitrogens with two attached hydrogens (primary N) is 1. The summed E-state index contributed by atoms with van der Waals surface area (Å²) >= 11 is 6.91. The molecule has 1 saturated carbocycles. The molecule has 0 saturated heterocycles. The highest BCUT2D eigenvalue weighted by molar-refractivity contribution is 7.99. The van der Waals surface area contributed by atoms with Crippen molar-refractivity contribution in [2.24, 2.45) is 5.73 Å². The van der Waals surface area contributed by atoms with Gasteiger partial charge < -0.3 is 11.1 Å². The molecule has 0 aromatic heterocycles. The predicted octanol–water partition coefficient (Wildman–Crippen LogP) is 3.02. The molecule has 3 N–H and O–H groups in total. The van der Waals surface area contributed by atoms with E-state index in [2.05, 4.69) is 23.7 Å². The summed E-state index contributed by atoms with van der Waals surface area (Å²) in [5, 5.41) is 4.40. The molecule has 2 nitrogen and oxygen atoms in total. The molecule has 0 amide bonds. The van der Waals surface area contributed by atoms with E-state index in [4.69, 9.17) is 18.0 Å². The second-order valence-electron chi connectivity index (χ2n) is 4.45. The average molecular weight is 266 g/mol. The second-order valence-corrected chi connectivity index (χ2v) is 6.03. The fourth-order valence-electron chi connectivity index (χ4n) is 2.25. The Kier molecular flexibility index (Phi) is 4.29. The summed E-state index contributed by atoms with van der Waals surface area (Å²) in [6.07, 6.45) is 6.05. The van der Waals surface area contributed by atoms with Crippen LogP contribution < -0.4 is 11.1 Å². The van der Waals surface area contributed by atoms with Crippen LogP contribution in [0.3, 0.4) is 0 Å². The van der Waals surface area contributed by atoms with Gasteiger partial charge in [-0.2, -0.15) is 11.8 Å². The van der Waals surface area contributed by atoms with Crippen molar-refractivity contribution in [1.82, 2.24) is 0 Å². The van der Waals surface area contributed by atoms with Crippen LogP contribution in [0.1, 0.15) is 24.8 Å². The molecule has 1 aromatic rings. The van der Waals surface area contributed by atoms with Crippen LogP contribution >= 0.6 is 24.0 Å². The third-order valence-corrected chi connectivity index (χ3v) is 4.59. The summed E-state index contributed by atoms with van der Waals surface area (Å²) in [5.41, 5.74) is 7.67. The normalized spacial score (nSPS) is 23.6. The first-order chi connectivity index (χ1) is 8.19. The van der Waals surface area contributed by atoms with E-state index < -0.39 is 0 Å². The summed E-state index contributed by atoms with van der Waals surface area (Å²) in [5.74, 6) is 0. The minimum Gasteiger partial charge on any atom is -0.389 e. The lowest BCUT2D eigenvalue weighted by Crippen LogP contribution is -2.16. The molecule has 1 aliphatic carbocycles. The van der Waals surface area contributed by atoms with Crippen LogP contribution in [0.2, 0.25) is 0 Å². The van der Waals surface area contributed by atoms with E-state index >= 15 is 0 Å². The van der Waals surface area contributed by atoms with E-state index in [9.17, 15) is 0 Å². The van der Waals surface area contributed by atoms with Crippen LogP contribution in [-0.4, -0.2) is 22.5 Å². The van der Waals surface area contributed by atoms with E-state index in [1.165, 1.54) is 19.3 Å². The number of hydrogen-bond acceptors (Lipinski definition) is 3. The fourth-order valence-corrected chi connectivity index (χ4v) is 3.18. The highest BCUT2D eigenvalue weighted by Gasteiger charge is 2.23. The maximum absolute atomic E-state index is 5.57. The van der Waals surface area contributed by atoms with Crippen LogP contribution in [0, 0.1) is 0 Å². The van der Waals surface area contributed by atoms with Crippen LogP contribution in [0.25, 0.3) is 0 Å². The van der Waals surface area contributed by atoms with E-state index in [0.717, 1.165) is 16.5 Å². The number of anilines is 1. The van der Waals surface area contributed by atoms with Gasteiger partial charge in [-0.3, -0.25) is 0 Å². The Hall–Kier alpha value is -0.740. The highest BCUT2D eigenvalue weighted by atomic mass is 32.2. The third kappa shape index (κ3) is 3.36. The van der Waals surface area contributed by atoms with Gasteiger partial charge in [0.15, 0.2) is 0 Å². The van der Waals surface area contributed by atoms with Gasteiger partial charge in [0, 0.05) is 22.5 Å². The van der Waals surface area contributed by atoms with Crippen LogP contribution in [0.15, 0.2) is 24.3 Å². The van der Waals surface area contributed by atoms with Crippen LogP contribution in [0.4, 0.5) is 5.69 Å². The summed E-state index contributed by atoms with van der Waals surface area (Å²) < 4.78 is 0. The van der Waals surface area contributed by atoms with E-state index in [0.29, 0.717) is 11.0 Å². The van der Waals surface area contributed by atoms with Crippen molar-refractivity contribution in [3.63, 3.8) is 0 Å². The van der Waals surface area contributed by atoms with E-state index in [1.807, 2.05) is 23.9 Å². The molecule has 17 heavy (non-hydrogen) atoms. The van der Waals surface area contributed by atoms with Crippen molar-refractivity contribution < 1.29 is 0 Å². The molecule has 0 radical (unpaired) electrons. The van der Waals surface area contributed by atoms with Crippen molar-refractivity contribution >= 4 is 34.7 Å². The van der Waals surface area contributed by atoms with Crippen molar-refractivity contribution in [2.45, 2.75) is 30.6 Å². The lowest BCUT2D eigenvalue weighted by Gasteiger charge is -2.14. The van der Waals surface area contributed by atoms with Gasteiger partial charge in [0.2, 0.25) is 0 Å². The predicted molar refractivity (Wildman–Crippen MR) is 80.9 cm³/mol. The van der Waals surface area contributed by atoms with Crippen molar-refractivity contribution in [1.29, 1.82) is 0 Å². The zero-order valence-electron chi connectivity index (χ0n) is 9.98. The molecule has 0 heterocycles. The van der Waals surface area contributed by atoms with Gasteiger partial charge in [0.25, 0.3) is 0 Å². The summed E-state index contributed by atoms with van der Waals surface area (Å²) in [6, 6.07) is 8.68. The number of nitrogens with one attached hydrogen (secondary N) is 1. The molecule has 0 bridgehead atoms. The molecule has 4 heteroatoms.